The molecule has 0 fully saturated rings. The first-order valence-electron chi connectivity index (χ1n) is 21.2. The van der Waals surface area contributed by atoms with Gasteiger partial charge in [0, 0.05) is 0 Å². The van der Waals surface area contributed by atoms with E-state index in [2.05, 4.69) is 214 Å². The summed E-state index contributed by atoms with van der Waals surface area (Å²) in [5.41, 5.74) is 20.8. The van der Waals surface area contributed by atoms with Gasteiger partial charge in [0.1, 0.15) is 0 Å². The quantitative estimate of drug-likeness (QED) is 0.161. The Morgan fingerprint density at radius 2 is 0.639 bits per heavy atom. The van der Waals surface area contributed by atoms with Crippen LogP contribution < -0.4 is 50.1 Å². The van der Waals surface area contributed by atoms with Gasteiger partial charge in [0.2, 0.25) is 0 Å². The van der Waals surface area contributed by atoms with Crippen molar-refractivity contribution in [2.75, 3.05) is 19.6 Å². The van der Waals surface area contributed by atoms with Crippen molar-refractivity contribution in [1.82, 2.24) is 0 Å². The summed E-state index contributed by atoms with van der Waals surface area (Å²) in [6.07, 6.45) is 0. The molecule has 0 amide bonds. The maximum absolute atomic E-state index is 2.66. The van der Waals surface area contributed by atoms with E-state index in [9.17, 15) is 0 Å². The van der Waals surface area contributed by atoms with Crippen molar-refractivity contribution in [2.24, 2.45) is 0 Å². The van der Waals surface area contributed by atoms with Gasteiger partial charge in [-0.3, -0.25) is 0 Å². The van der Waals surface area contributed by atoms with Crippen molar-refractivity contribution in [3.63, 3.8) is 0 Å². The number of hydrogen-bond donors (Lipinski definition) is 0. The summed E-state index contributed by atoms with van der Waals surface area (Å²) in [5, 5.41) is 5.10. The third-order valence-electron chi connectivity index (χ3n) is 13.8. The van der Waals surface area contributed by atoms with E-state index in [0.717, 1.165) is 0 Å². The molecule has 280 valence electrons. The molecule has 5 aliphatic rings. The number of hydrogen-bond acceptors (Lipinski definition) is 4. The van der Waals surface area contributed by atoms with Gasteiger partial charge in [-0.2, -0.15) is 0 Å². The minimum atomic E-state index is 0.0177. The van der Waals surface area contributed by atoms with Crippen molar-refractivity contribution < 1.29 is 0 Å². The van der Waals surface area contributed by atoms with Gasteiger partial charge in [-0.05, 0) is 0 Å². The van der Waals surface area contributed by atoms with Crippen molar-refractivity contribution in [1.29, 1.82) is 0 Å². The van der Waals surface area contributed by atoms with E-state index >= 15 is 0 Å². The SMILES string of the molecule is c1ccc(N2c3cc4ccccc4cc3B3c4[se]c5c6c4N(c4ccccc4N6c4cccc6c4B5c4cc5ccccc5cc4N6c4ccccc4)c4cccc2c43)cc1. The van der Waals surface area contributed by atoms with Crippen LogP contribution in [0, 0.1) is 0 Å². The molecule has 15 rings (SSSR count). The third kappa shape index (κ3) is 4.13. The van der Waals surface area contributed by atoms with Crippen LogP contribution in [-0.4, -0.2) is 27.9 Å². The van der Waals surface area contributed by atoms with Gasteiger partial charge in [-0.15, -0.1) is 0 Å². The molecule has 5 aliphatic heterocycles. The van der Waals surface area contributed by atoms with Crippen LogP contribution in [-0.2, 0) is 0 Å². The van der Waals surface area contributed by atoms with E-state index in [-0.39, 0.29) is 27.9 Å². The number of para-hydroxylation sites is 4. The van der Waals surface area contributed by atoms with Crippen LogP contribution in [0.4, 0.5) is 68.2 Å². The van der Waals surface area contributed by atoms with Gasteiger partial charge in [0.05, 0.1) is 0 Å². The fourth-order valence-electron chi connectivity index (χ4n) is 11.5. The Hall–Kier alpha value is -7.17. The second kappa shape index (κ2) is 11.8. The molecule has 7 heteroatoms. The first-order chi connectivity index (χ1) is 30.3. The van der Waals surface area contributed by atoms with Crippen molar-refractivity contribution in [3.8, 4) is 0 Å². The Morgan fingerprint density at radius 1 is 0.295 bits per heavy atom. The van der Waals surface area contributed by atoms with Crippen molar-refractivity contribution in [3.05, 3.63) is 194 Å². The Morgan fingerprint density at radius 3 is 1.07 bits per heavy atom. The Labute approximate surface area is 360 Å². The molecule has 0 aliphatic carbocycles. The second-order valence-electron chi connectivity index (χ2n) is 16.8. The van der Waals surface area contributed by atoms with Crippen molar-refractivity contribution >= 4 is 148 Å². The first kappa shape index (κ1) is 32.7. The van der Waals surface area contributed by atoms with E-state index in [1.54, 1.807) is 8.67 Å². The van der Waals surface area contributed by atoms with Crippen LogP contribution in [0.15, 0.2) is 194 Å². The Balaban J connectivity index is 1.08. The van der Waals surface area contributed by atoms with Gasteiger partial charge in [-0.1, -0.05) is 0 Å². The minimum absolute atomic E-state index is 0.0177. The van der Waals surface area contributed by atoms with Crippen LogP contribution in [0.3, 0.4) is 0 Å². The number of benzene rings is 9. The topological polar surface area (TPSA) is 13.0 Å². The zero-order valence-corrected chi connectivity index (χ0v) is 34.5. The maximum atomic E-state index is 2.66. The third-order valence-corrected chi connectivity index (χ3v) is 16.6. The molecule has 6 heterocycles. The predicted octanol–water partition coefficient (Wildman–Crippen LogP) is 9.53. The summed E-state index contributed by atoms with van der Waals surface area (Å²) >= 11 is 0.0177. The fourth-order valence-corrected chi connectivity index (χ4v) is 14.7. The summed E-state index contributed by atoms with van der Waals surface area (Å²) in [6.45, 7) is 0.218. The zero-order valence-electron chi connectivity index (χ0n) is 32.8. The Kier molecular flexibility index (Phi) is 6.30. The van der Waals surface area contributed by atoms with E-state index < -0.39 is 0 Å². The summed E-state index contributed by atoms with van der Waals surface area (Å²) in [6, 6.07) is 72.9. The van der Waals surface area contributed by atoms with Gasteiger partial charge in [-0.25, -0.2) is 0 Å². The van der Waals surface area contributed by atoms with E-state index in [4.69, 9.17) is 0 Å². The molecular weight excluding hydrogens is 805 g/mol. The predicted molar refractivity (Wildman–Crippen MR) is 260 cm³/mol. The molecule has 0 unspecified atom stereocenters. The Bertz CT molecular complexity index is 3320. The number of rotatable bonds is 2. The average Bonchev–Trinajstić information content (AvgIpc) is 3.71. The molecule has 0 spiro atoms. The van der Waals surface area contributed by atoms with Crippen LogP contribution in [0.25, 0.3) is 21.5 Å². The van der Waals surface area contributed by atoms with Crippen LogP contribution in [0.1, 0.15) is 0 Å². The van der Waals surface area contributed by atoms with Gasteiger partial charge in [0.15, 0.2) is 0 Å². The van der Waals surface area contributed by atoms with E-state index in [1.165, 1.54) is 112 Å². The molecule has 9 aromatic carbocycles. The van der Waals surface area contributed by atoms with E-state index in [0.29, 0.717) is 0 Å². The molecular formula is C54H32B2N4Se. The summed E-state index contributed by atoms with van der Waals surface area (Å²) in [5.74, 6) is 0. The second-order valence-corrected chi connectivity index (χ2v) is 19.1. The van der Waals surface area contributed by atoms with Gasteiger partial charge < -0.3 is 0 Å². The van der Waals surface area contributed by atoms with Gasteiger partial charge >= 0.3 is 362 Å². The van der Waals surface area contributed by atoms with Gasteiger partial charge in [0.25, 0.3) is 0 Å². The number of nitrogens with zero attached hydrogens (tertiary/aromatic N) is 4. The summed E-state index contributed by atoms with van der Waals surface area (Å²) in [4.78, 5) is 10.4. The number of anilines is 12. The monoisotopic (exact) mass is 838 g/mol. The van der Waals surface area contributed by atoms with E-state index in [1.807, 2.05) is 0 Å². The number of fused-ring (bicyclic) bond motifs is 13. The molecule has 0 bridgehead atoms. The summed E-state index contributed by atoms with van der Waals surface area (Å²) in [7, 11) is 0. The van der Waals surface area contributed by atoms with Crippen LogP contribution in [0.5, 0.6) is 0 Å². The first-order valence-corrected chi connectivity index (χ1v) is 22.9. The molecule has 0 atom stereocenters. The molecule has 10 aromatic rings. The standard InChI is InChI=1S/C54H32B2N4Se/c1-3-19-37(20-4-1)57-43-25-13-27-45-49(43)55(39-29-33-15-7-9-17-35(33)31-47(39)57)53-51-52-54(61-53)56-40-30-34-16-8-10-18-36(34)32-48(40)58(38-21-5-2-6-22-38)44-26-14-28-46(50(44)56)60(52)42-24-12-11-23-41(42)59(45)51/h1-32H. The van der Waals surface area contributed by atoms with Crippen molar-refractivity contribution in [2.45, 2.75) is 0 Å². The average molecular weight is 837 g/mol. The summed E-state index contributed by atoms with van der Waals surface area (Å²) < 4.78 is 3.12. The molecule has 1 aromatic heterocycles. The fraction of sp³-hybridized carbons (Fsp3) is 0. The zero-order chi connectivity index (χ0) is 39.5. The van der Waals surface area contributed by atoms with Crippen LogP contribution in [0.2, 0.25) is 0 Å². The molecule has 4 nitrogen and oxygen atoms in total. The molecule has 61 heavy (non-hydrogen) atoms. The molecule has 0 saturated heterocycles. The normalized spacial score (nSPS) is 14.4. The van der Waals surface area contributed by atoms with Crippen LogP contribution >= 0.6 is 0 Å². The molecule has 0 radical (unpaired) electrons. The molecule has 0 saturated carbocycles. The molecule has 0 N–H and O–H groups in total.